The highest BCUT2D eigenvalue weighted by atomic mass is 16.3. The number of nitrogens with one attached hydrogen (secondary N) is 1. The maximum atomic E-state index is 12.2. The molecule has 1 aliphatic heterocycles. The van der Waals surface area contributed by atoms with Gasteiger partial charge in [-0.15, -0.1) is 0 Å². The molecule has 1 atom stereocenters. The van der Waals surface area contributed by atoms with Crippen molar-refractivity contribution in [1.29, 1.82) is 0 Å². The summed E-state index contributed by atoms with van der Waals surface area (Å²) in [6.07, 6.45) is 0. The molecule has 1 aliphatic rings. The lowest BCUT2D eigenvalue weighted by Gasteiger charge is -2.34. The molecule has 1 amide bonds. The Balaban J connectivity index is 2.24. The molecular weight excluding hydrogens is 220 g/mol. The summed E-state index contributed by atoms with van der Waals surface area (Å²) in [5, 5.41) is 22.0. The predicted molar refractivity (Wildman–Crippen MR) is 63.1 cm³/mol. The molecule has 5 heteroatoms. The summed E-state index contributed by atoms with van der Waals surface area (Å²) in [7, 11) is 0. The summed E-state index contributed by atoms with van der Waals surface area (Å²) < 4.78 is 0. The van der Waals surface area contributed by atoms with Gasteiger partial charge in [-0.2, -0.15) is 0 Å². The standard InChI is InChI=1S/C12H16N2O3/c1-8-7-13-4-5-14(8)12(17)10-3-2-9(15)6-11(10)16/h2-3,6,8,13,15-16H,4-5,7H2,1H3. The van der Waals surface area contributed by atoms with E-state index in [9.17, 15) is 15.0 Å². The molecule has 1 fully saturated rings. The Hall–Kier alpha value is -1.75. The Bertz CT molecular complexity index is 434. The van der Waals surface area contributed by atoms with Crippen LogP contribution in [0, 0.1) is 0 Å². The number of carbonyl (C=O) groups is 1. The van der Waals surface area contributed by atoms with E-state index in [2.05, 4.69) is 5.32 Å². The van der Waals surface area contributed by atoms with Gasteiger partial charge >= 0.3 is 0 Å². The topological polar surface area (TPSA) is 72.8 Å². The lowest BCUT2D eigenvalue weighted by molar-refractivity contribution is 0.0652. The van der Waals surface area contributed by atoms with Crippen LogP contribution in [0.1, 0.15) is 17.3 Å². The van der Waals surface area contributed by atoms with Gasteiger partial charge < -0.3 is 20.4 Å². The molecule has 0 saturated carbocycles. The molecule has 1 heterocycles. The highest BCUT2D eigenvalue weighted by molar-refractivity contribution is 5.97. The number of piperazine rings is 1. The van der Waals surface area contributed by atoms with Crippen LogP contribution in [0.25, 0.3) is 0 Å². The number of benzene rings is 1. The number of aromatic hydroxyl groups is 2. The van der Waals surface area contributed by atoms with Crippen molar-refractivity contribution in [2.45, 2.75) is 13.0 Å². The van der Waals surface area contributed by atoms with Crippen LogP contribution in [0.3, 0.4) is 0 Å². The van der Waals surface area contributed by atoms with Crippen molar-refractivity contribution in [2.75, 3.05) is 19.6 Å². The SMILES string of the molecule is CC1CNCCN1C(=O)c1ccc(O)cc1O. The number of nitrogens with zero attached hydrogens (tertiary/aromatic N) is 1. The fraction of sp³-hybridized carbons (Fsp3) is 0.417. The smallest absolute Gasteiger partial charge is 0.257 e. The molecule has 1 aromatic rings. The fourth-order valence-electron chi connectivity index (χ4n) is 2.00. The zero-order valence-electron chi connectivity index (χ0n) is 9.68. The van der Waals surface area contributed by atoms with Gasteiger partial charge in [-0.1, -0.05) is 0 Å². The number of hydrogen-bond acceptors (Lipinski definition) is 4. The number of phenols is 2. The Morgan fingerprint density at radius 2 is 2.24 bits per heavy atom. The van der Waals surface area contributed by atoms with Gasteiger partial charge in [0.1, 0.15) is 11.5 Å². The summed E-state index contributed by atoms with van der Waals surface area (Å²) in [4.78, 5) is 13.9. The third-order valence-electron chi connectivity index (χ3n) is 2.97. The normalized spacial score (nSPS) is 20.3. The first-order chi connectivity index (χ1) is 8.09. The Morgan fingerprint density at radius 1 is 1.47 bits per heavy atom. The minimum absolute atomic E-state index is 0.0487. The molecular formula is C12H16N2O3. The van der Waals surface area contributed by atoms with Gasteiger partial charge in [-0.3, -0.25) is 4.79 Å². The Labute approximate surface area is 99.7 Å². The molecule has 1 saturated heterocycles. The van der Waals surface area contributed by atoms with Gasteiger partial charge in [0.2, 0.25) is 0 Å². The predicted octanol–water partition coefficient (Wildman–Crippen LogP) is 0.532. The van der Waals surface area contributed by atoms with Crippen molar-refractivity contribution in [3.05, 3.63) is 23.8 Å². The minimum atomic E-state index is -0.198. The molecule has 1 aromatic carbocycles. The van der Waals surface area contributed by atoms with Gasteiger partial charge in [0.15, 0.2) is 0 Å². The lowest BCUT2D eigenvalue weighted by Crippen LogP contribution is -2.52. The Morgan fingerprint density at radius 3 is 2.88 bits per heavy atom. The average Bonchev–Trinajstić information content (AvgIpc) is 2.29. The molecule has 0 radical (unpaired) electrons. The van der Waals surface area contributed by atoms with Crippen LogP contribution in [0.5, 0.6) is 11.5 Å². The van der Waals surface area contributed by atoms with Crippen LogP contribution in [0.4, 0.5) is 0 Å². The zero-order chi connectivity index (χ0) is 12.4. The van der Waals surface area contributed by atoms with Crippen LogP contribution in [0.2, 0.25) is 0 Å². The first kappa shape index (κ1) is 11.7. The second-order valence-corrected chi connectivity index (χ2v) is 4.25. The lowest BCUT2D eigenvalue weighted by atomic mass is 10.1. The van der Waals surface area contributed by atoms with E-state index in [1.807, 2.05) is 6.92 Å². The van der Waals surface area contributed by atoms with Gasteiger partial charge in [-0.25, -0.2) is 0 Å². The zero-order valence-corrected chi connectivity index (χ0v) is 9.68. The van der Waals surface area contributed by atoms with E-state index < -0.39 is 0 Å². The maximum Gasteiger partial charge on any atom is 0.257 e. The highest BCUT2D eigenvalue weighted by Gasteiger charge is 2.25. The van der Waals surface area contributed by atoms with Crippen molar-refractivity contribution in [1.82, 2.24) is 10.2 Å². The first-order valence-corrected chi connectivity index (χ1v) is 5.63. The summed E-state index contributed by atoms with van der Waals surface area (Å²) in [5.41, 5.74) is 0.233. The molecule has 0 spiro atoms. The monoisotopic (exact) mass is 236 g/mol. The molecule has 0 bridgehead atoms. The largest absolute Gasteiger partial charge is 0.508 e. The van der Waals surface area contributed by atoms with E-state index in [-0.39, 0.29) is 29.0 Å². The molecule has 3 N–H and O–H groups in total. The van der Waals surface area contributed by atoms with Crippen molar-refractivity contribution in [2.24, 2.45) is 0 Å². The molecule has 17 heavy (non-hydrogen) atoms. The van der Waals surface area contributed by atoms with E-state index in [1.165, 1.54) is 18.2 Å². The summed E-state index contributed by atoms with van der Waals surface area (Å²) in [6.45, 7) is 4.10. The summed E-state index contributed by atoms with van der Waals surface area (Å²) >= 11 is 0. The number of phenolic OH excluding ortho intramolecular Hbond substituents is 2. The first-order valence-electron chi connectivity index (χ1n) is 5.63. The molecule has 0 aliphatic carbocycles. The molecule has 1 unspecified atom stereocenters. The highest BCUT2D eigenvalue weighted by Crippen LogP contribution is 2.24. The average molecular weight is 236 g/mol. The number of hydrogen-bond donors (Lipinski definition) is 3. The van der Waals surface area contributed by atoms with Crippen LogP contribution in [-0.4, -0.2) is 46.7 Å². The third kappa shape index (κ3) is 2.34. The molecule has 92 valence electrons. The number of carbonyl (C=O) groups excluding carboxylic acids is 1. The van der Waals surface area contributed by atoms with Crippen molar-refractivity contribution in [3.63, 3.8) is 0 Å². The van der Waals surface area contributed by atoms with Gasteiger partial charge in [0.05, 0.1) is 5.56 Å². The van der Waals surface area contributed by atoms with E-state index in [0.29, 0.717) is 6.54 Å². The van der Waals surface area contributed by atoms with Crippen LogP contribution < -0.4 is 5.32 Å². The number of rotatable bonds is 1. The fourth-order valence-corrected chi connectivity index (χ4v) is 2.00. The molecule has 0 aromatic heterocycles. The molecule has 2 rings (SSSR count). The number of amides is 1. The third-order valence-corrected chi connectivity index (χ3v) is 2.97. The maximum absolute atomic E-state index is 12.2. The Kier molecular flexibility index (Phi) is 3.19. The summed E-state index contributed by atoms with van der Waals surface area (Å²) in [6, 6.07) is 4.13. The van der Waals surface area contributed by atoms with E-state index in [1.54, 1.807) is 4.90 Å². The van der Waals surface area contributed by atoms with Crippen LogP contribution in [-0.2, 0) is 0 Å². The van der Waals surface area contributed by atoms with Crippen molar-refractivity contribution >= 4 is 5.91 Å². The molecule has 5 nitrogen and oxygen atoms in total. The minimum Gasteiger partial charge on any atom is -0.508 e. The second kappa shape index (κ2) is 4.63. The van der Waals surface area contributed by atoms with Gasteiger partial charge in [-0.05, 0) is 19.1 Å². The van der Waals surface area contributed by atoms with E-state index >= 15 is 0 Å². The van der Waals surface area contributed by atoms with E-state index in [4.69, 9.17) is 0 Å². The second-order valence-electron chi connectivity index (χ2n) is 4.25. The van der Waals surface area contributed by atoms with Crippen molar-refractivity contribution < 1.29 is 15.0 Å². The van der Waals surface area contributed by atoms with Crippen LogP contribution in [0.15, 0.2) is 18.2 Å². The van der Waals surface area contributed by atoms with Gasteiger partial charge in [0, 0.05) is 31.7 Å². The summed E-state index contributed by atoms with van der Waals surface area (Å²) in [5.74, 6) is -0.426. The van der Waals surface area contributed by atoms with Crippen LogP contribution >= 0.6 is 0 Å². The van der Waals surface area contributed by atoms with E-state index in [0.717, 1.165) is 13.1 Å². The van der Waals surface area contributed by atoms with Crippen molar-refractivity contribution in [3.8, 4) is 11.5 Å². The van der Waals surface area contributed by atoms with Gasteiger partial charge in [0.25, 0.3) is 5.91 Å². The quantitative estimate of drug-likeness (QED) is 0.665.